The number of rotatable bonds is 4. The molecule has 0 bridgehead atoms. The zero-order valence-electron chi connectivity index (χ0n) is 19.1. The number of carbonyl (C=O) groups excluding carboxylic acids is 4. The normalized spacial score (nSPS) is 27.9. The van der Waals surface area contributed by atoms with Crippen molar-refractivity contribution in [1.29, 1.82) is 0 Å². The maximum atomic E-state index is 13.4. The van der Waals surface area contributed by atoms with E-state index in [0.29, 0.717) is 39.7 Å². The molecule has 35 heavy (non-hydrogen) atoms. The first-order chi connectivity index (χ1) is 16.7. The molecule has 3 aliphatic carbocycles. The van der Waals surface area contributed by atoms with E-state index < -0.39 is 17.8 Å². The minimum Gasteiger partial charge on any atom is -0.504 e. The lowest BCUT2D eigenvalue weighted by Gasteiger charge is -2.42. The molecule has 2 amide bonds. The van der Waals surface area contributed by atoms with Crippen LogP contribution in [-0.2, 0) is 19.2 Å². The number of allylic oxidation sites excluding steroid dienone is 6. The molecule has 182 valence electrons. The molecule has 0 aromatic heterocycles. The number of phenols is 1. The highest BCUT2D eigenvalue weighted by molar-refractivity contribution is 14.1. The van der Waals surface area contributed by atoms with E-state index in [9.17, 15) is 24.3 Å². The van der Waals surface area contributed by atoms with Crippen LogP contribution < -0.4 is 4.74 Å². The number of nitrogens with zero attached hydrogens (tertiary/aromatic N) is 1. The number of carbonyl (C=O) groups is 4. The first kappa shape index (κ1) is 24.4. The van der Waals surface area contributed by atoms with Gasteiger partial charge in [0.15, 0.2) is 23.1 Å². The summed E-state index contributed by atoms with van der Waals surface area (Å²) in [7, 11) is 1.45. The molecule has 1 aliphatic heterocycles. The molecule has 1 aromatic rings. The lowest BCUT2D eigenvalue weighted by molar-refractivity contribution is -0.140. The molecule has 4 unspecified atom stereocenters. The van der Waals surface area contributed by atoms with Crippen molar-refractivity contribution >= 4 is 61.9 Å². The number of imide groups is 1. The molecule has 4 atom stereocenters. The van der Waals surface area contributed by atoms with Gasteiger partial charge in [-0.05, 0) is 81.4 Å². The zero-order valence-corrected chi connectivity index (χ0v) is 22.9. The van der Waals surface area contributed by atoms with Crippen LogP contribution in [0.25, 0.3) is 0 Å². The Labute approximate surface area is 224 Å². The first-order valence-electron chi connectivity index (χ1n) is 11.5. The fraction of sp³-hybridized carbons (Fsp3) is 0.385. The summed E-state index contributed by atoms with van der Waals surface area (Å²) < 4.78 is 6.11. The number of ether oxygens (including phenoxy) is 1. The van der Waals surface area contributed by atoms with Gasteiger partial charge in [0.05, 0.1) is 27.0 Å². The van der Waals surface area contributed by atoms with Crippen LogP contribution in [-0.4, -0.2) is 47.0 Å². The van der Waals surface area contributed by atoms with Crippen molar-refractivity contribution in [3.05, 3.63) is 54.6 Å². The maximum absolute atomic E-state index is 13.4. The number of phenolic OH excluding ortho intramolecular Hbond substituents is 1. The standard InChI is InChI=1S/C26H23BrINO6/c1-3-6-29-25(33)13-5-4-12-14(21(13)26(29)34)9-15-22(18(30)10-16(27)23(15)31)20(12)11-7-17(28)24(32)19(8-11)35-2/h4,7-8,10,13-14,20-21,32H,3,5-6,9H2,1-2H3. The molecule has 1 heterocycles. The van der Waals surface area contributed by atoms with Crippen molar-refractivity contribution in [2.75, 3.05) is 13.7 Å². The van der Waals surface area contributed by atoms with Crippen LogP contribution in [0.15, 0.2) is 45.5 Å². The summed E-state index contributed by atoms with van der Waals surface area (Å²) in [5.74, 6) is -2.58. The molecule has 1 N–H and O–H groups in total. The number of likely N-dealkylation sites (tertiary alicyclic amines) is 1. The van der Waals surface area contributed by atoms with Gasteiger partial charge in [0.2, 0.25) is 11.8 Å². The molecule has 5 rings (SSSR count). The second kappa shape index (κ2) is 8.99. The van der Waals surface area contributed by atoms with E-state index in [1.54, 1.807) is 12.1 Å². The summed E-state index contributed by atoms with van der Waals surface area (Å²) in [4.78, 5) is 54.4. The maximum Gasteiger partial charge on any atom is 0.233 e. The number of hydrogen-bond acceptors (Lipinski definition) is 6. The molecule has 9 heteroatoms. The van der Waals surface area contributed by atoms with Gasteiger partial charge in [-0.2, -0.15) is 0 Å². The van der Waals surface area contributed by atoms with Crippen molar-refractivity contribution < 1.29 is 29.0 Å². The Morgan fingerprint density at radius 1 is 1.17 bits per heavy atom. The third kappa shape index (κ3) is 3.64. The van der Waals surface area contributed by atoms with Gasteiger partial charge in [0, 0.05) is 29.7 Å². The number of fused-ring (bicyclic) bond motifs is 3. The fourth-order valence-corrected chi connectivity index (χ4v) is 7.08. The van der Waals surface area contributed by atoms with E-state index in [1.807, 2.05) is 35.6 Å². The van der Waals surface area contributed by atoms with Gasteiger partial charge in [0.25, 0.3) is 0 Å². The minimum atomic E-state index is -0.579. The minimum absolute atomic E-state index is 0.00318. The monoisotopic (exact) mass is 651 g/mol. The SMILES string of the molecule is CCCN1C(=O)C2CC=C3C(c4cc(I)c(O)c(OC)c4)C4=C(CC3C2C1=O)C(=O)C(Br)=CC4=O. The van der Waals surface area contributed by atoms with Gasteiger partial charge in [0.1, 0.15) is 0 Å². The number of hydrogen-bond donors (Lipinski definition) is 1. The van der Waals surface area contributed by atoms with Crippen molar-refractivity contribution in [2.24, 2.45) is 17.8 Å². The molecule has 1 fully saturated rings. The Morgan fingerprint density at radius 2 is 1.91 bits per heavy atom. The third-order valence-corrected chi connectivity index (χ3v) is 8.89. The van der Waals surface area contributed by atoms with Gasteiger partial charge in [-0.25, -0.2) is 0 Å². The summed E-state index contributed by atoms with van der Waals surface area (Å²) in [5.41, 5.74) is 2.35. The van der Waals surface area contributed by atoms with E-state index in [2.05, 4.69) is 15.9 Å². The van der Waals surface area contributed by atoms with E-state index in [4.69, 9.17) is 4.74 Å². The number of benzene rings is 1. The number of methoxy groups -OCH3 is 1. The van der Waals surface area contributed by atoms with Gasteiger partial charge in [-0.1, -0.05) is 18.6 Å². The largest absolute Gasteiger partial charge is 0.504 e. The average molecular weight is 652 g/mol. The van der Waals surface area contributed by atoms with Crippen LogP contribution in [0.4, 0.5) is 0 Å². The molecule has 4 aliphatic rings. The van der Waals surface area contributed by atoms with Crippen molar-refractivity contribution in [1.82, 2.24) is 4.90 Å². The lowest BCUT2D eigenvalue weighted by atomic mass is 9.59. The molecular weight excluding hydrogens is 629 g/mol. The summed E-state index contributed by atoms with van der Waals surface area (Å²) in [6.45, 7) is 2.30. The predicted octanol–water partition coefficient (Wildman–Crippen LogP) is 4.18. The molecule has 0 radical (unpaired) electrons. The van der Waals surface area contributed by atoms with E-state index >= 15 is 0 Å². The first-order valence-corrected chi connectivity index (χ1v) is 13.4. The van der Waals surface area contributed by atoms with Crippen LogP contribution in [0.2, 0.25) is 0 Å². The van der Waals surface area contributed by atoms with Crippen molar-refractivity contribution in [2.45, 2.75) is 32.1 Å². The van der Waals surface area contributed by atoms with Gasteiger partial charge >= 0.3 is 0 Å². The Balaban J connectivity index is 1.70. The topological polar surface area (TPSA) is 101 Å². The summed E-state index contributed by atoms with van der Waals surface area (Å²) in [6.07, 6.45) is 4.61. The number of halogens is 2. The quantitative estimate of drug-likeness (QED) is 0.227. The van der Waals surface area contributed by atoms with Crippen LogP contribution in [0.1, 0.15) is 37.7 Å². The van der Waals surface area contributed by atoms with Crippen LogP contribution in [0.3, 0.4) is 0 Å². The highest BCUT2D eigenvalue weighted by Crippen LogP contribution is 2.56. The lowest BCUT2D eigenvalue weighted by Crippen LogP contribution is -2.39. The number of aromatic hydroxyl groups is 1. The smallest absolute Gasteiger partial charge is 0.233 e. The number of ketones is 2. The molecule has 0 spiro atoms. The Morgan fingerprint density at radius 3 is 2.60 bits per heavy atom. The summed E-state index contributed by atoms with van der Waals surface area (Å²) in [6, 6.07) is 3.46. The Kier molecular flexibility index (Phi) is 6.27. The van der Waals surface area contributed by atoms with Crippen LogP contribution >= 0.6 is 38.5 Å². The molecule has 1 saturated heterocycles. The predicted molar refractivity (Wildman–Crippen MR) is 139 cm³/mol. The Bertz CT molecular complexity index is 1290. The number of amides is 2. The zero-order chi connectivity index (χ0) is 25.2. The van der Waals surface area contributed by atoms with Gasteiger partial charge in [-0.15, -0.1) is 0 Å². The summed E-state index contributed by atoms with van der Waals surface area (Å²) in [5, 5.41) is 10.4. The molecular formula is C26H23BrINO6. The van der Waals surface area contributed by atoms with Crippen molar-refractivity contribution in [3.8, 4) is 11.5 Å². The second-order valence-corrected chi connectivity index (χ2v) is 11.3. The molecule has 7 nitrogen and oxygen atoms in total. The van der Waals surface area contributed by atoms with E-state index in [-0.39, 0.29) is 51.7 Å². The number of Topliss-reactive ketones (excluding diaryl/α,β-unsaturated/α-hetero) is 1. The summed E-state index contributed by atoms with van der Waals surface area (Å²) >= 11 is 5.23. The third-order valence-electron chi connectivity index (χ3n) is 7.47. The highest BCUT2D eigenvalue weighted by atomic mass is 127. The van der Waals surface area contributed by atoms with Gasteiger partial charge in [-0.3, -0.25) is 24.1 Å². The molecule has 0 saturated carbocycles. The van der Waals surface area contributed by atoms with Gasteiger partial charge < -0.3 is 9.84 Å². The average Bonchev–Trinajstić information content (AvgIpc) is 3.08. The van der Waals surface area contributed by atoms with Crippen LogP contribution in [0.5, 0.6) is 11.5 Å². The van der Waals surface area contributed by atoms with E-state index in [1.165, 1.54) is 18.1 Å². The van der Waals surface area contributed by atoms with E-state index in [0.717, 1.165) is 5.57 Å². The van der Waals surface area contributed by atoms with Crippen LogP contribution in [0, 0.1) is 21.3 Å². The highest BCUT2D eigenvalue weighted by Gasteiger charge is 2.56. The Hall–Kier alpha value is -2.27. The molecule has 1 aromatic carbocycles. The second-order valence-electron chi connectivity index (χ2n) is 9.28. The fourth-order valence-electron chi connectivity index (χ4n) is 6.01. The van der Waals surface area contributed by atoms with Crippen molar-refractivity contribution in [3.63, 3.8) is 0 Å².